The average molecular weight is 462 g/mol. The fourth-order valence-corrected chi connectivity index (χ4v) is 3.36. The molecule has 0 spiro atoms. The van der Waals surface area contributed by atoms with Gasteiger partial charge in [0.2, 0.25) is 0 Å². The van der Waals surface area contributed by atoms with Gasteiger partial charge in [-0.05, 0) is 30.0 Å². The molecule has 0 bridgehead atoms. The normalized spacial score (nSPS) is 12.3. The molecule has 0 aliphatic heterocycles. The van der Waals surface area contributed by atoms with Crippen molar-refractivity contribution in [2.75, 3.05) is 0 Å². The van der Waals surface area contributed by atoms with E-state index in [4.69, 9.17) is 0 Å². The predicted octanol–water partition coefficient (Wildman–Crippen LogP) is -0.279. The van der Waals surface area contributed by atoms with E-state index in [1.807, 2.05) is 13.0 Å². The van der Waals surface area contributed by atoms with Crippen molar-refractivity contribution < 1.29 is 49.9 Å². The monoisotopic (exact) mass is 461 g/mol. The largest absolute Gasteiger partial charge is 1.00 e. The topological polar surface area (TPSA) is 20.2 Å². The molecule has 0 aromatic heterocycles. The molecule has 0 radical (unpaired) electrons. The van der Waals surface area contributed by atoms with Gasteiger partial charge < -0.3 is 29.9 Å². The summed E-state index contributed by atoms with van der Waals surface area (Å²) in [5.74, 6) is 0.396. The zero-order valence-electron chi connectivity index (χ0n) is 18.3. The molecule has 0 saturated heterocycles. The molecule has 0 heterocycles. The second-order valence-electron chi connectivity index (χ2n) is 8.75. The van der Waals surface area contributed by atoms with E-state index in [9.17, 15) is 5.11 Å². The van der Waals surface area contributed by atoms with Crippen LogP contribution in [0.5, 0.6) is 5.75 Å². The summed E-state index contributed by atoms with van der Waals surface area (Å²) in [6.07, 6.45) is 8.63. The van der Waals surface area contributed by atoms with Crippen molar-refractivity contribution in [2.24, 2.45) is 5.41 Å². The van der Waals surface area contributed by atoms with Gasteiger partial charge in [0.05, 0.1) is 8.07 Å². The van der Waals surface area contributed by atoms with Crippen molar-refractivity contribution in [2.45, 2.75) is 67.6 Å². The second kappa shape index (κ2) is 14.0. The van der Waals surface area contributed by atoms with Crippen LogP contribution in [-0.4, -0.2) is 17.0 Å². The number of rotatable bonds is 1. The number of allylic oxidation sites excluding steroid dienone is 4. The maximum absolute atomic E-state index is 9.38. The Bertz CT molecular complexity index is 614. The quantitative estimate of drug-likeness (QED) is 0.450. The number of benzene rings is 1. The first-order chi connectivity index (χ1) is 11.2. The van der Waals surface area contributed by atoms with Crippen molar-refractivity contribution in [3.8, 4) is 5.75 Å². The van der Waals surface area contributed by atoms with Crippen molar-refractivity contribution >= 4 is 17.1 Å². The molecule has 0 atom stereocenters. The number of phenolic OH excluding ortho intramolecular Hbond substituents is 1. The average Bonchev–Trinajstić information content (AvgIpc) is 2.89. The molecule has 1 N–H and O–H groups in total. The molecule has 1 aliphatic rings. The van der Waals surface area contributed by atoms with Crippen LogP contribution in [-0.2, 0) is 20.0 Å². The van der Waals surface area contributed by atoms with Gasteiger partial charge in [-0.2, -0.15) is 6.08 Å². The molecule has 1 aromatic rings. The number of aryl methyl sites for hydroxylation is 1. The van der Waals surface area contributed by atoms with E-state index in [0.717, 1.165) is 12.0 Å². The number of halogens is 2. The van der Waals surface area contributed by atoms with Crippen molar-refractivity contribution in [1.29, 1.82) is 0 Å². The molecule has 153 valence electrons. The summed E-state index contributed by atoms with van der Waals surface area (Å²) in [6.45, 7) is 19.7. The molecule has 1 aliphatic carbocycles. The fourth-order valence-electron chi connectivity index (χ4n) is 2.12. The van der Waals surface area contributed by atoms with Crippen LogP contribution in [0.1, 0.15) is 46.6 Å². The molecule has 1 aromatic carbocycles. The Morgan fingerprint density at radius 2 is 1.56 bits per heavy atom. The van der Waals surface area contributed by atoms with Gasteiger partial charge >= 0.3 is 37.6 Å². The summed E-state index contributed by atoms with van der Waals surface area (Å²) in [4.78, 5) is 0. The summed E-state index contributed by atoms with van der Waals surface area (Å²) in [7, 11) is -1.26. The first kappa shape index (κ1) is 31.6. The minimum Gasteiger partial charge on any atom is -1.00 e. The predicted molar refractivity (Wildman–Crippen MR) is 112 cm³/mol. The van der Waals surface area contributed by atoms with Crippen LogP contribution < -0.4 is 30.0 Å². The third-order valence-electron chi connectivity index (χ3n) is 3.43. The minimum absolute atomic E-state index is 0. The van der Waals surface area contributed by atoms with Crippen LogP contribution in [0.15, 0.2) is 35.9 Å². The Kier molecular flexibility index (Phi) is 16.3. The van der Waals surface area contributed by atoms with Crippen LogP contribution >= 0.6 is 0 Å². The van der Waals surface area contributed by atoms with E-state index in [0.29, 0.717) is 11.2 Å². The maximum Gasteiger partial charge on any atom is 0.115 e. The molecular weight excluding hydrogens is 427 g/mol. The van der Waals surface area contributed by atoms with Crippen molar-refractivity contribution in [3.05, 3.63) is 47.6 Å². The summed E-state index contributed by atoms with van der Waals surface area (Å²) >= 11 is 2.08. The second-order valence-corrected chi connectivity index (χ2v) is 15.4. The van der Waals surface area contributed by atoms with E-state index in [-0.39, 0.29) is 24.8 Å². The molecule has 2 rings (SSSR count). The first-order valence-electron chi connectivity index (χ1n) is 8.84. The Labute approximate surface area is 192 Å². The van der Waals surface area contributed by atoms with E-state index >= 15 is 0 Å². The summed E-state index contributed by atoms with van der Waals surface area (Å²) in [5.41, 5.74) is 2.79. The SMILES string of the molecule is CC(C)(C)C1=[C-]CC=C1.C[C](C)=[Ti+].Cc1cc(O)cc([Si](C)(C)C)c1.[Cl-].[Cl-]. The van der Waals surface area contributed by atoms with Crippen LogP contribution in [0, 0.1) is 18.4 Å². The van der Waals surface area contributed by atoms with Gasteiger partial charge in [0, 0.05) is 0 Å². The van der Waals surface area contributed by atoms with Crippen LogP contribution in [0.2, 0.25) is 19.6 Å². The Hall–Kier alpha value is -0.119. The van der Waals surface area contributed by atoms with Gasteiger partial charge in [0.25, 0.3) is 0 Å². The molecular formula is C22H35Cl2OSiTi-2. The molecule has 0 saturated carbocycles. The van der Waals surface area contributed by atoms with E-state index < -0.39 is 8.07 Å². The van der Waals surface area contributed by atoms with E-state index in [2.05, 4.69) is 98.5 Å². The Morgan fingerprint density at radius 1 is 1.07 bits per heavy atom. The third kappa shape index (κ3) is 15.5. The third-order valence-corrected chi connectivity index (χ3v) is 5.45. The molecule has 27 heavy (non-hydrogen) atoms. The molecule has 1 nitrogen and oxygen atoms in total. The molecule has 5 heteroatoms. The Morgan fingerprint density at radius 3 is 1.81 bits per heavy atom. The van der Waals surface area contributed by atoms with Crippen molar-refractivity contribution in [3.63, 3.8) is 0 Å². The van der Waals surface area contributed by atoms with Crippen LogP contribution in [0.4, 0.5) is 0 Å². The number of hydrogen-bond acceptors (Lipinski definition) is 1. The van der Waals surface area contributed by atoms with Crippen molar-refractivity contribution in [1.82, 2.24) is 0 Å². The smallest absolute Gasteiger partial charge is 0.115 e. The van der Waals surface area contributed by atoms with Gasteiger partial charge in [0.1, 0.15) is 5.75 Å². The zero-order valence-corrected chi connectivity index (χ0v) is 22.4. The minimum atomic E-state index is -1.26. The van der Waals surface area contributed by atoms with Gasteiger partial charge in [-0.1, -0.05) is 51.7 Å². The molecule has 0 unspecified atom stereocenters. The summed E-state index contributed by atoms with van der Waals surface area (Å²) < 4.78 is 1.42. The Balaban J connectivity index is -0.000000343. The summed E-state index contributed by atoms with van der Waals surface area (Å²) in [5, 5.41) is 10.7. The van der Waals surface area contributed by atoms with Gasteiger partial charge in [-0.25, -0.2) is 11.6 Å². The fraction of sp³-hybridized carbons (Fsp3) is 0.500. The summed E-state index contributed by atoms with van der Waals surface area (Å²) in [6, 6.07) is 5.86. The maximum atomic E-state index is 9.38. The van der Waals surface area contributed by atoms with Gasteiger partial charge in [-0.15, -0.1) is 6.42 Å². The van der Waals surface area contributed by atoms with Gasteiger partial charge in [0.15, 0.2) is 0 Å². The first-order valence-corrected chi connectivity index (χ1v) is 13.1. The number of aromatic hydroxyl groups is 1. The van der Waals surface area contributed by atoms with Crippen LogP contribution in [0.25, 0.3) is 0 Å². The van der Waals surface area contributed by atoms with Crippen LogP contribution in [0.3, 0.4) is 0 Å². The molecule has 0 fully saturated rings. The van der Waals surface area contributed by atoms with E-state index in [1.54, 1.807) is 6.07 Å². The van der Waals surface area contributed by atoms with E-state index in [1.165, 1.54) is 14.6 Å². The number of phenols is 1. The standard InChI is InChI=1S/C10H16OSi.C9H13.C3H6.2ClH.Ti/c1-8-5-9(11)7-10(6-8)12(2,3)4;1-9(2,3)8-6-4-5-7-8;1-3-2;;;/h5-7,11H,1-4H3;4,6H,5H2,1-3H3;1-2H3;2*1H;/q;-1;;;;+1/p-2. The van der Waals surface area contributed by atoms with Gasteiger partial charge in [-0.3, -0.25) is 6.08 Å². The zero-order chi connectivity index (χ0) is 19.8. The number of hydrogen-bond donors (Lipinski definition) is 1. The molecule has 0 amide bonds.